The number of para-hydroxylation sites is 2. The molecule has 2 heteroatoms. The zero-order valence-corrected chi connectivity index (χ0v) is 26.2. The summed E-state index contributed by atoms with van der Waals surface area (Å²) in [4.78, 5) is 0. The lowest BCUT2D eigenvalue weighted by molar-refractivity contribution is 1.16. The van der Waals surface area contributed by atoms with E-state index >= 15 is 0 Å². The molecule has 2 nitrogen and oxygen atoms in total. The van der Waals surface area contributed by atoms with Crippen molar-refractivity contribution in [2.75, 3.05) is 0 Å². The third-order valence-electron chi connectivity index (χ3n) is 9.61. The number of fused-ring (bicyclic) bond motifs is 7. The van der Waals surface area contributed by atoms with Gasteiger partial charge in [-0.25, -0.2) is 0 Å². The molecule has 0 radical (unpaired) electrons. The molecule has 0 aliphatic carbocycles. The van der Waals surface area contributed by atoms with Crippen molar-refractivity contribution in [3.63, 3.8) is 0 Å². The van der Waals surface area contributed by atoms with Crippen LogP contribution in [0.3, 0.4) is 0 Å². The zero-order chi connectivity index (χ0) is 31.5. The second kappa shape index (κ2) is 10.8. The molecule has 0 saturated heterocycles. The summed E-state index contributed by atoms with van der Waals surface area (Å²) >= 11 is 0. The Balaban J connectivity index is 1.24. The van der Waals surface area contributed by atoms with Crippen LogP contribution in [0.1, 0.15) is 11.1 Å². The molecule has 0 N–H and O–H groups in total. The largest absolute Gasteiger partial charge is 0.309 e. The summed E-state index contributed by atoms with van der Waals surface area (Å²) < 4.78 is 4.81. The fourth-order valence-electron chi connectivity index (χ4n) is 7.40. The van der Waals surface area contributed by atoms with E-state index in [2.05, 4.69) is 174 Å². The highest BCUT2D eigenvalue weighted by molar-refractivity contribution is 6.13. The molecule has 0 bridgehead atoms. The summed E-state index contributed by atoms with van der Waals surface area (Å²) in [5.41, 5.74) is 12.0. The maximum Gasteiger partial charge on any atom is 0.0541 e. The highest BCUT2D eigenvalue weighted by Gasteiger charge is 2.17. The lowest BCUT2D eigenvalue weighted by Crippen LogP contribution is -1.98. The molecule has 0 aliphatic heterocycles. The van der Waals surface area contributed by atoms with Crippen LogP contribution in [0.15, 0.2) is 164 Å². The predicted molar refractivity (Wildman–Crippen MR) is 202 cm³/mol. The fraction of sp³-hybridized carbons (Fsp3) is 0.0222. The van der Waals surface area contributed by atoms with Gasteiger partial charge < -0.3 is 9.13 Å². The maximum absolute atomic E-state index is 3.90. The molecule has 9 aromatic rings. The van der Waals surface area contributed by atoms with E-state index in [1.165, 1.54) is 88.0 Å². The van der Waals surface area contributed by atoms with Gasteiger partial charge in [0.2, 0.25) is 0 Å². The Morgan fingerprint density at radius 3 is 1.79 bits per heavy atom. The first-order valence-corrected chi connectivity index (χ1v) is 16.1. The van der Waals surface area contributed by atoms with E-state index in [0.29, 0.717) is 0 Å². The molecule has 0 unspecified atom stereocenters. The molecule has 222 valence electrons. The van der Waals surface area contributed by atoms with Crippen molar-refractivity contribution in [3.05, 3.63) is 175 Å². The number of hydrogen-bond acceptors (Lipinski definition) is 0. The number of rotatable bonds is 5. The summed E-state index contributed by atoms with van der Waals surface area (Å²) in [6.07, 6.45) is 6.02. The second-order valence-electron chi connectivity index (χ2n) is 12.3. The first-order valence-electron chi connectivity index (χ1n) is 16.1. The normalized spacial score (nSPS) is 11.9. The highest BCUT2D eigenvalue weighted by atomic mass is 15.0. The van der Waals surface area contributed by atoms with Crippen LogP contribution in [0.4, 0.5) is 0 Å². The van der Waals surface area contributed by atoms with Gasteiger partial charge in [0.25, 0.3) is 0 Å². The quantitative estimate of drug-likeness (QED) is 0.174. The van der Waals surface area contributed by atoms with Crippen molar-refractivity contribution < 1.29 is 0 Å². The average molecular weight is 601 g/mol. The summed E-state index contributed by atoms with van der Waals surface area (Å²) in [7, 11) is 0. The maximum atomic E-state index is 3.90. The molecule has 2 heterocycles. The van der Waals surface area contributed by atoms with Crippen LogP contribution in [0.2, 0.25) is 0 Å². The topological polar surface area (TPSA) is 9.86 Å². The van der Waals surface area contributed by atoms with Gasteiger partial charge in [0.15, 0.2) is 0 Å². The van der Waals surface area contributed by atoms with Gasteiger partial charge in [0, 0.05) is 32.8 Å². The van der Waals surface area contributed by atoms with Gasteiger partial charge in [0.05, 0.1) is 27.8 Å². The van der Waals surface area contributed by atoms with Gasteiger partial charge in [-0.3, -0.25) is 0 Å². The van der Waals surface area contributed by atoms with E-state index in [0.717, 1.165) is 0 Å². The third-order valence-corrected chi connectivity index (χ3v) is 9.61. The number of benzene rings is 7. The lowest BCUT2D eigenvalue weighted by Gasteiger charge is -2.14. The minimum Gasteiger partial charge on any atom is -0.309 e. The average Bonchev–Trinajstić information content (AvgIpc) is 3.63. The van der Waals surface area contributed by atoms with Gasteiger partial charge in [-0.2, -0.15) is 0 Å². The fourth-order valence-corrected chi connectivity index (χ4v) is 7.40. The minimum atomic E-state index is 1.17. The van der Waals surface area contributed by atoms with Gasteiger partial charge >= 0.3 is 0 Å². The monoisotopic (exact) mass is 600 g/mol. The Hall–Kier alpha value is -6.12. The summed E-state index contributed by atoms with van der Waals surface area (Å²) in [6, 6.07) is 53.2. The van der Waals surface area contributed by atoms with Crippen LogP contribution in [-0.4, -0.2) is 9.13 Å². The van der Waals surface area contributed by atoms with E-state index in [-0.39, 0.29) is 0 Å². The molecular weight excluding hydrogens is 569 g/mol. The first-order chi connectivity index (χ1) is 23.2. The van der Waals surface area contributed by atoms with Gasteiger partial charge in [-0.1, -0.05) is 116 Å². The Kier molecular flexibility index (Phi) is 6.22. The number of nitrogens with zero attached hydrogens (tertiary/aromatic N) is 2. The van der Waals surface area contributed by atoms with Crippen LogP contribution < -0.4 is 0 Å². The van der Waals surface area contributed by atoms with E-state index in [9.17, 15) is 0 Å². The molecule has 47 heavy (non-hydrogen) atoms. The van der Waals surface area contributed by atoms with Gasteiger partial charge in [0.1, 0.15) is 0 Å². The van der Waals surface area contributed by atoms with Crippen LogP contribution in [-0.2, 0) is 0 Å². The third kappa shape index (κ3) is 4.26. The minimum absolute atomic E-state index is 1.17. The van der Waals surface area contributed by atoms with Crippen LogP contribution in [0.25, 0.3) is 83.0 Å². The summed E-state index contributed by atoms with van der Waals surface area (Å²) in [6.45, 7) is 6.08. The van der Waals surface area contributed by atoms with Crippen molar-refractivity contribution in [2.45, 2.75) is 6.92 Å². The molecule has 0 atom stereocenters. The Morgan fingerprint density at radius 1 is 0.489 bits per heavy atom. The SMILES string of the molecule is C=C/C=C\c1c(C)cccc1-n1c2ccccc2c2cc(-c3ccc4c(c3)c3ccccc3n4-c3ccc4ccccc4c3)ccc21. The van der Waals surface area contributed by atoms with E-state index in [4.69, 9.17) is 0 Å². The number of allylic oxidation sites excluding steroid dienone is 2. The van der Waals surface area contributed by atoms with E-state index < -0.39 is 0 Å². The van der Waals surface area contributed by atoms with Crippen molar-refractivity contribution in [1.82, 2.24) is 9.13 Å². The standard InChI is InChI=1S/C45H32N2/c1-3-4-15-36-30(2)12-11-20-41(36)47-43-19-10-8-17-38(43)40-29-34(23-26-45(40)47)33-22-25-44-39(28-33)37-16-7-9-18-42(37)46(44)35-24-21-31-13-5-6-14-32(31)27-35/h3-29H,1H2,2H3/b15-4-. The second-order valence-corrected chi connectivity index (χ2v) is 12.3. The molecule has 0 aliphatic rings. The smallest absolute Gasteiger partial charge is 0.0541 e. The highest BCUT2D eigenvalue weighted by Crippen LogP contribution is 2.39. The summed E-state index contributed by atoms with van der Waals surface area (Å²) in [5.74, 6) is 0. The van der Waals surface area contributed by atoms with Crippen molar-refractivity contribution in [2.24, 2.45) is 0 Å². The Labute approximate surface area is 273 Å². The molecule has 2 aromatic heterocycles. The molecule has 0 amide bonds. The van der Waals surface area contributed by atoms with E-state index in [1.807, 2.05) is 12.2 Å². The van der Waals surface area contributed by atoms with Crippen LogP contribution in [0, 0.1) is 6.92 Å². The van der Waals surface area contributed by atoms with Crippen molar-refractivity contribution in [1.29, 1.82) is 0 Å². The number of hydrogen-bond donors (Lipinski definition) is 0. The Bertz CT molecular complexity index is 2710. The van der Waals surface area contributed by atoms with Crippen LogP contribution >= 0.6 is 0 Å². The van der Waals surface area contributed by atoms with Crippen molar-refractivity contribution in [3.8, 4) is 22.5 Å². The van der Waals surface area contributed by atoms with E-state index in [1.54, 1.807) is 0 Å². The zero-order valence-electron chi connectivity index (χ0n) is 26.2. The van der Waals surface area contributed by atoms with Crippen LogP contribution in [0.5, 0.6) is 0 Å². The first kappa shape index (κ1) is 27.2. The Morgan fingerprint density at radius 2 is 1.09 bits per heavy atom. The van der Waals surface area contributed by atoms with Gasteiger partial charge in [-0.05, 0) is 89.0 Å². The van der Waals surface area contributed by atoms with Gasteiger partial charge in [-0.15, -0.1) is 0 Å². The molecule has 7 aromatic carbocycles. The summed E-state index contributed by atoms with van der Waals surface area (Å²) in [5, 5.41) is 7.51. The lowest BCUT2D eigenvalue weighted by atomic mass is 10.0. The molecular formula is C45H32N2. The number of aryl methyl sites for hydroxylation is 1. The molecule has 0 saturated carbocycles. The number of aromatic nitrogens is 2. The predicted octanol–water partition coefficient (Wildman–Crippen LogP) is 12.2. The molecule has 0 fully saturated rings. The molecule has 9 rings (SSSR count). The van der Waals surface area contributed by atoms with Crippen molar-refractivity contribution >= 4 is 60.5 Å². The molecule has 0 spiro atoms.